The first-order valence-corrected chi connectivity index (χ1v) is 9.18. The van der Waals surface area contributed by atoms with Crippen LogP contribution in [0.1, 0.15) is 15.9 Å². The van der Waals surface area contributed by atoms with Crippen molar-refractivity contribution < 1.29 is 4.79 Å². The molecule has 1 N–H and O–H groups in total. The van der Waals surface area contributed by atoms with E-state index >= 15 is 0 Å². The number of amides is 1. The van der Waals surface area contributed by atoms with E-state index in [0.717, 1.165) is 43.5 Å². The van der Waals surface area contributed by atoms with Crippen molar-refractivity contribution in [3.63, 3.8) is 0 Å². The average Bonchev–Trinajstić information content (AvgIpc) is 2.75. The third-order valence-corrected chi connectivity index (χ3v) is 4.64. The van der Waals surface area contributed by atoms with Gasteiger partial charge in [0.05, 0.1) is 0 Å². The van der Waals surface area contributed by atoms with Crippen LogP contribution in [0.15, 0.2) is 54.9 Å². The van der Waals surface area contributed by atoms with Crippen LogP contribution in [0, 0.1) is 6.92 Å². The molecule has 0 atom stereocenters. The molecule has 4 rings (SSSR count). The van der Waals surface area contributed by atoms with Crippen LogP contribution in [0.4, 0.5) is 17.6 Å². The lowest BCUT2D eigenvalue weighted by molar-refractivity contribution is 0.102. The summed E-state index contributed by atoms with van der Waals surface area (Å²) < 4.78 is 0. The van der Waals surface area contributed by atoms with Crippen molar-refractivity contribution in [3.05, 3.63) is 66.0 Å². The molecule has 0 spiro atoms. The fourth-order valence-electron chi connectivity index (χ4n) is 3.04. The van der Waals surface area contributed by atoms with Crippen LogP contribution < -0.4 is 15.1 Å². The highest BCUT2D eigenvalue weighted by atomic mass is 16.1. The lowest BCUT2D eigenvalue weighted by Crippen LogP contribution is -2.47. The minimum Gasteiger partial charge on any atom is -0.352 e. The van der Waals surface area contributed by atoms with Gasteiger partial charge in [-0.3, -0.25) is 4.79 Å². The summed E-state index contributed by atoms with van der Waals surface area (Å²) in [5.41, 5.74) is 1.70. The van der Waals surface area contributed by atoms with Crippen LogP contribution in [0.2, 0.25) is 0 Å². The summed E-state index contributed by atoms with van der Waals surface area (Å²) in [7, 11) is 0. The predicted octanol–water partition coefficient (Wildman–Crippen LogP) is 2.15. The molecule has 1 aliphatic rings. The van der Waals surface area contributed by atoms with Crippen LogP contribution in [0.3, 0.4) is 0 Å². The second-order valence-corrected chi connectivity index (χ2v) is 6.62. The van der Waals surface area contributed by atoms with Gasteiger partial charge >= 0.3 is 0 Å². The zero-order valence-electron chi connectivity index (χ0n) is 15.6. The molecule has 0 aliphatic carbocycles. The standard InChI is InChI=1S/C20H21N7O/c1-15-3-5-16(6-4-15)19(28)23-17-7-8-18(25-24-17)26-11-13-27(14-12-26)20-21-9-2-10-22-20/h2-10H,11-14H2,1H3,(H,23,24,28). The van der Waals surface area contributed by atoms with E-state index in [-0.39, 0.29) is 5.91 Å². The highest BCUT2D eigenvalue weighted by Crippen LogP contribution is 2.17. The third-order valence-electron chi connectivity index (χ3n) is 4.64. The summed E-state index contributed by atoms with van der Waals surface area (Å²) in [5.74, 6) is 1.79. The Morgan fingerprint density at radius 3 is 2.21 bits per heavy atom. The summed E-state index contributed by atoms with van der Waals surface area (Å²) in [6, 6.07) is 12.9. The van der Waals surface area contributed by atoms with Gasteiger partial charge in [-0.15, -0.1) is 10.2 Å². The van der Waals surface area contributed by atoms with Crippen LogP contribution in [0.5, 0.6) is 0 Å². The minimum absolute atomic E-state index is 0.196. The Morgan fingerprint density at radius 2 is 1.57 bits per heavy atom. The van der Waals surface area contributed by atoms with Gasteiger partial charge < -0.3 is 15.1 Å². The normalized spacial score (nSPS) is 14.0. The summed E-state index contributed by atoms with van der Waals surface area (Å²) in [6.45, 7) is 5.23. The van der Waals surface area contributed by atoms with Gasteiger partial charge in [-0.05, 0) is 37.3 Å². The van der Waals surface area contributed by atoms with Crippen molar-refractivity contribution in [2.45, 2.75) is 6.92 Å². The van der Waals surface area contributed by atoms with E-state index in [4.69, 9.17) is 0 Å². The second kappa shape index (κ2) is 7.99. The van der Waals surface area contributed by atoms with Gasteiger partial charge in [0.2, 0.25) is 5.95 Å². The van der Waals surface area contributed by atoms with E-state index in [2.05, 4.69) is 35.3 Å². The number of carbonyl (C=O) groups is 1. The fourth-order valence-corrected chi connectivity index (χ4v) is 3.04. The molecule has 1 fully saturated rings. The predicted molar refractivity (Wildman–Crippen MR) is 108 cm³/mol. The molecule has 1 aliphatic heterocycles. The average molecular weight is 375 g/mol. The molecule has 2 aromatic heterocycles. The van der Waals surface area contributed by atoms with Crippen LogP contribution in [-0.4, -0.2) is 52.3 Å². The number of rotatable bonds is 4. The molecule has 8 nitrogen and oxygen atoms in total. The SMILES string of the molecule is Cc1ccc(C(=O)Nc2ccc(N3CCN(c4ncccn4)CC3)nn2)cc1. The maximum Gasteiger partial charge on any atom is 0.256 e. The Hall–Kier alpha value is -3.55. The van der Waals surface area contributed by atoms with Gasteiger partial charge in [0.1, 0.15) is 0 Å². The van der Waals surface area contributed by atoms with E-state index in [1.165, 1.54) is 0 Å². The molecule has 0 saturated carbocycles. The first kappa shape index (κ1) is 17.8. The summed E-state index contributed by atoms with van der Waals surface area (Å²) in [4.78, 5) is 25.2. The summed E-state index contributed by atoms with van der Waals surface area (Å²) >= 11 is 0. The van der Waals surface area contributed by atoms with Crippen molar-refractivity contribution >= 4 is 23.5 Å². The molecule has 1 aromatic carbocycles. The minimum atomic E-state index is -0.196. The number of nitrogens with zero attached hydrogens (tertiary/aromatic N) is 6. The Morgan fingerprint density at radius 1 is 0.893 bits per heavy atom. The van der Waals surface area contributed by atoms with Crippen LogP contribution in [-0.2, 0) is 0 Å². The van der Waals surface area contributed by atoms with Crippen LogP contribution in [0.25, 0.3) is 0 Å². The third kappa shape index (κ3) is 4.06. The Balaban J connectivity index is 1.35. The quantitative estimate of drug-likeness (QED) is 0.748. The van der Waals surface area contributed by atoms with Crippen molar-refractivity contribution in [1.29, 1.82) is 0 Å². The van der Waals surface area contributed by atoms with E-state index in [1.54, 1.807) is 30.6 Å². The molecule has 0 bridgehead atoms. The number of aryl methyl sites for hydroxylation is 1. The molecule has 142 valence electrons. The number of piperazine rings is 1. The molecular weight excluding hydrogens is 354 g/mol. The first-order chi connectivity index (χ1) is 13.7. The number of anilines is 3. The zero-order chi connectivity index (χ0) is 19.3. The van der Waals surface area contributed by atoms with Crippen molar-refractivity contribution in [3.8, 4) is 0 Å². The Kier molecular flexibility index (Phi) is 5.09. The molecule has 28 heavy (non-hydrogen) atoms. The Bertz CT molecular complexity index is 921. The number of hydrogen-bond donors (Lipinski definition) is 1. The maximum absolute atomic E-state index is 12.3. The number of nitrogens with one attached hydrogen (secondary N) is 1. The lowest BCUT2D eigenvalue weighted by atomic mass is 10.1. The molecular formula is C20H21N7O. The second-order valence-electron chi connectivity index (χ2n) is 6.62. The van der Waals surface area contributed by atoms with E-state index in [9.17, 15) is 4.79 Å². The maximum atomic E-state index is 12.3. The largest absolute Gasteiger partial charge is 0.352 e. The van der Waals surface area contributed by atoms with Crippen molar-refractivity contribution in [2.24, 2.45) is 0 Å². The smallest absolute Gasteiger partial charge is 0.256 e. The lowest BCUT2D eigenvalue weighted by Gasteiger charge is -2.35. The monoisotopic (exact) mass is 375 g/mol. The van der Waals surface area contributed by atoms with Gasteiger partial charge in [0, 0.05) is 44.1 Å². The van der Waals surface area contributed by atoms with Gasteiger partial charge in [-0.1, -0.05) is 17.7 Å². The molecule has 8 heteroatoms. The van der Waals surface area contributed by atoms with Crippen LogP contribution >= 0.6 is 0 Å². The van der Waals surface area contributed by atoms with Gasteiger partial charge in [0.25, 0.3) is 5.91 Å². The number of carbonyl (C=O) groups excluding carboxylic acids is 1. The molecule has 3 heterocycles. The highest BCUT2D eigenvalue weighted by molar-refractivity contribution is 6.03. The van der Waals surface area contributed by atoms with Crippen molar-refractivity contribution in [1.82, 2.24) is 20.2 Å². The number of benzene rings is 1. The number of aromatic nitrogens is 4. The fraction of sp³-hybridized carbons (Fsp3) is 0.250. The summed E-state index contributed by atoms with van der Waals surface area (Å²) in [6.07, 6.45) is 3.51. The van der Waals surface area contributed by atoms with E-state index in [1.807, 2.05) is 31.2 Å². The zero-order valence-corrected chi connectivity index (χ0v) is 15.6. The van der Waals surface area contributed by atoms with Crippen molar-refractivity contribution in [2.75, 3.05) is 41.3 Å². The summed E-state index contributed by atoms with van der Waals surface area (Å²) in [5, 5.41) is 11.2. The first-order valence-electron chi connectivity index (χ1n) is 9.18. The van der Waals surface area contributed by atoms with E-state index < -0.39 is 0 Å². The molecule has 3 aromatic rings. The highest BCUT2D eigenvalue weighted by Gasteiger charge is 2.20. The van der Waals surface area contributed by atoms with E-state index in [0.29, 0.717) is 11.4 Å². The van der Waals surface area contributed by atoms with Gasteiger partial charge in [0.15, 0.2) is 11.6 Å². The molecule has 0 radical (unpaired) electrons. The van der Waals surface area contributed by atoms with Gasteiger partial charge in [-0.25, -0.2) is 9.97 Å². The molecule has 1 amide bonds. The molecule has 0 unspecified atom stereocenters. The Labute approximate surface area is 163 Å². The topological polar surface area (TPSA) is 87.1 Å². The number of hydrogen-bond acceptors (Lipinski definition) is 7. The molecule has 1 saturated heterocycles. The van der Waals surface area contributed by atoms with Gasteiger partial charge in [-0.2, -0.15) is 0 Å².